The standard InChI is InChI=1S/C19H20ClF5O2/c1-8-11(9(2)16(22)10(3)15(8)21)7-27-17(26)14-12(18(14,4)5)6-13(20)19(23,24)25/h6,12,14H,7H2,1-5H3/b13-6-/t12-,14-/m1/s1. The average Bonchev–Trinajstić information content (AvgIpc) is 3.10. The maximum Gasteiger partial charge on any atom is 0.426 e. The third kappa shape index (κ3) is 3.98. The van der Waals surface area contributed by atoms with Crippen LogP contribution < -0.4 is 0 Å². The molecule has 2 atom stereocenters. The van der Waals surface area contributed by atoms with E-state index in [2.05, 4.69) is 0 Å². The minimum atomic E-state index is -4.68. The molecule has 0 saturated heterocycles. The normalized spacial score (nSPS) is 22.0. The van der Waals surface area contributed by atoms with Gasteiger partial charge in [0.25, 0.3) is 0 Å². The second-order valence-electron chi connectivity index (χ2n) is 7.43. The summed E-state index contributed by atoms with van der Waals surface area (Å²) in [6.07, 6.45) is -3.87. The van der Waals surface area contributed by atoms with Gasteiger partial charge in [-0.1, -0.05) is 31.5 Å². The highest BCUT2D eigenvalue weighted by molar-refractivity contribution is 6.30. The fourth-order valence-electron chi connectivity index (χ4n) is 3.35. The predicted molar refractivity (Wildman–Crippen MR) is 91.1 cm³/mol. The van der Waals surface area contributed by atoms with E-state index in [-0.39, 0.29) is 28.9 Å². The Balaban J connectivity index is 2.16. The number of halogens is 6. The first-order valence-corrected chi connectivity index (χ1v) is 8.63. The van der Waals surface area contributed by atoms with Crippen molar-refractivity contribution in [2.75, 3.05) is 0 Å². The van der Waals surface area contributed by atoms with Crippen LogP contribution in [0.2, 0.25) is 0 Å². The smallest absolute Gasteiger partial charge is 0.426 e. The van der Waals surface area contributed by atoms with E-state index in [9.17, 15) is 26.7 Å². The van der Waals surface area contributed by atoms with E-state index < -0.39 is 46.1 Å². The number of hydrogen-bond acceptors (Lipinski definition) is 2. The third-order valence-corrected chi connectivity index (χ3v) is 5.68. The second-order valence-corrected chi connectivity index (χ2v) is 7.83. The summed E-state index contributed by atoms with van der Waals surface area (Å²) in [7, 11) is 0. The molecule has 0 aromatic heterocycles. The van der Waals surface area contributed by atoms with Crippen molar-refractivity contribution >= 4 is 17.6 Å². The van der Waals surface area contributed by atoms with Crippen molar-refractivity contribution in [3.63, 3.8) is 0 Å². The first kappa shape index (κ1) is 21.7. The van der Waals surface area contributed by atoms with E-state index in [0.29, 0.717) is 0 Å². The lowest BCUT2D eigenvalue weighted by Crippen LogP contribution is -2.13. The van der Waals surface area contributed by atoms with Gasteiger partial charge in [0.05, 0.1) is 5.92 Å². The lowest BCUT2D eigenvalue weighted by Gasteiger charge is -2.15. The molecule has 0 amide bonds. The van der Waals surface area contributed by atoms with Crippen LogP contribution in [0.1, 0.15) is 36.1 Å². The maximum absolute atomic E-state index is 14.1. The molecule has 150 valence electrons. The summed E-state index contributed by atoms with van der Waals surface area (Å²) < 4.78 is 71.1. The van der Waals surface area contributed by atoms with Gasteiger partial charge in [-0.3, -0.25) is 4.79 Å². The summed E-state index contributed by atoms with van der Waals surface area (Å²) >= 11 is 5.25. The van der Waals surface area contributed by atoms with Gasteiger partial charge < -0.3 is 4.74 Å². The van der Waals surface area contributed by atoms with Crippen molar-refractivity contribution in [3.05, 3.63) is 45.0 Å². The third-order valence-electron chi connectivity index (χ3n) is 5.34. The number of rotatable bonds is 4. The Labute approximate surface area is 159 Å². The topological polar surface area (TPSA) is 26.3 Å². The molecule has 0 aliphatic heterocycles. The first-order chi connectivity index (χ1) is 12.2. The number of allylic oxidation sites excluding steroid dienone is 2. The second kappa shape index (κ2) is 7.08. The molecule has 8 heteroatoms. The molecule has 0 heterocycles. The summed E-state index contributed by atoms with van der Waals surface area (Å²) in [4.78, 5) is 12.3. The Morgan fingerprint density at radius 1 is 1.11 bits per heavy atom. The van der Waals surface area contributed by atoms with Crippen molar-refractivity contribution in [3.8, 4) is 0 Å². The van der Waals surface area contributed by atoms with E-state index in [1.54, 1.807) is 13.8 Å². The predicted octanol–water partition coefficient (Wildman–Crippen LogP) is 5.89. The Morgan fingerprint density at radius 3 is 2.04 bits per heavy atom. The van der Waals surface area contributed by atoms with E-state index in [0.717, 1.165) is 6.08 Å². The maximum atomic E-state index is 14.1. The van der Waals surface area contributed by atoms with Crippen LogP contribution in [-0.2, 0) is 16.1 Å². The molecule has 2 rings (SSSR count). The number of esters is 1. The monoisotopic (exact) mass is 410 g/mol. The molecule has 0 bridgehead atoms. The molecule has 0 unspecified atom stereocenters. The van der Waals surface area contributed by atoms with E-state index >= 15 is 0 Å². The highest BCUT2D eigenvalue weighted by Crippen LogP contribution is 2.60. The Bertz CT molecular complexity index is 782. The highest BCUT2D eigenvalue weighted by atomic mass is 35.5. The number of benzene rings is 1. The molecular weight excluding hydrogens is 391 g/mol. The zero-order valence-corrected chi connectivity index (χ0v) is 16.3. The zero-order valence-electron chi connectivity index (χ0n) is 15.5. The van der Waals surface area contributed by atoms with Crippen molar-refractivity contribution in [1.82, 2.24) is 0 Å². The van der Waals surface area contributed by atoms with Gasteiger partial charge in [-0.25, -0.2) is 8.78 Å². The fraction of sp³-hybridized carbons (Fsp3) is 0.526. The number of hydrogen-bond donors (Lipinski definition) is 0. The molecule has 0 N–H and O–H groups in total. The van der Waals surface area contributed by atoms with Gasteiger partial charge in [0.1, 0.15) is 23.3 Å². The Hall–Kier alpha value is -1.63. The first-order valence-electron chi connectivity index (χ1n) is 8.26. The van der Waals surface area contributed by atoms with Gasteiger partial charge >= 0.3 is 12.1 Å². The fourth-order valence-corrected chi connectivity index (χ4v) is 3.48. The molecule has 1 aromatic rings. The van der Waals surface area contributed by atoms with Crippen molar-refractivity contribution < 1.29 is 31.5 Å². The number of carbonyl (C=O) groups excluding carboxylic acids is 1. The summed E-state index contributed by atoms with van der Waals surface area (Å²) in [6.45, 7) is 7.11. The van der Waals surface area contributed by atoms with Crippen LogP contribution in [0.15, 0.2) is 11.1 Å². The van der Waals surface area contributed by atoms with Gasteiger partial charge in [0.15, 0.2) is 0 Å². The lowest BCUT2D eigenvalue weighted by molar-refractivity contribution is -0.147. The van der Waals surface area contributed by atoms with E-state index in [1.165, 1.54) is 20.8 Å². The molecule has 27 heavy (non-hydrogen) atoms. The summed E-state index contributed by atoms with van der Waals surface area (Å²) in [5.41, 5.74) is -0.314. The lowest BCUT2D eigenvalue weighted by atomic mass is 9.98. The Kier molecular flexibility index (Phi) is 5.68. The average molecular weight is 411 g/mol. The van der Waals surface area contributed by atoms with Crippen molar-refractivity contribution in [1.29, 1.82) is 0 Å². The molecule has 2 nitrogen and oxygen atoms in total. The van der Waals surface area contributed by atoms with E-state index in [1.807, 2.05) is 0 Å². The van der Waals surface area contributed by atoms with Gasteiger partial charge in [-0.05, 0) is 43.2 Å². The van der Waals surface area contributed by atoms with Gasteiger partial charge in [0.2, 0.25) is 0 Å². The zero-order chi connectivity index (χ0) is 20.9. The van der Waals surface area contributed by atoms with Crippen LogP contribution in [0, 0.1) is 49.7 Å². The van der Waals surface area contributed by atoms with E-state index in [4.69, 9.17) is 16.3 Å². The van der Waals surface area contributed by atoms with Gasteiger partial charge in [-0.15, -0.1) is 0 Å². The van der Waals surface area contributed by atoms with Crippen LogP contribution in [0.5, 0.6) is 0 Å². The van der Waals surface area contributed by atoms with Crippen molar-refractivity contribution in [2.45, 2.75) is 47.4 Å². The summed E-state index contributed by atoms with van der Waals surface area (Å²) in [5.74, 6) is -3.70. The Morgan fingerprint density at radius 2 is 1.59 bits per heavy atom. The molecule has 1 aromatic carbocycles. The number of carbonyl (C=O) groups is 1. The van der Waals surface area contributed by atoms with Gasteiger partial charge in [0, 0.05) is 11.1 Å². The SMILES string of the molecule is Cc1c(F)c(C)c(COC(=O)[C@H]2[C@@H](/C=C(\Cl)C(F)(F)F)C2(C)C)c(C)c1F. The summed E-state index contributed by atoms with van der Waals surface area (Å²) in [6, 6.07) is 0. The summed E-state index contributed by atoms with van der Waals surface area (Å²) in [5, 5.41) is -1.29. The molecule has 0 spiro atoms. The number of alkyl halides is 3. The molecule has 1 fully saturated rings. The van der Waals surface area contributed by atoms with Crippen LogP contribution >= 0.6 is 11.6 Å². The molecule has 1 aliphatic rings. The minimum absolute atomic E-state index is 0.115. The van der Waals surface area contributed by atoms with Crippen LogP contribution in [0.4, 0.5) is 22.0 Å². The number of ether oxygens (including phenoxy) is 1. The molecule has 0 radical (unpaired) electrons. The highest BCUT2D eigenvalue weighted by Gasteiger charge is 2.62. The largest absolute Gasteiger partial charge is 0.461 e. The molecule has 1 saturated carbocycles. The molecule has 1 aliphatic carbocycles. The van der Waals surface area contributed by atoms with Crippen LogP contribution in [0.3, 0.4) is 0 Å². The van der Waals surface area contributed by atoms with Crippen LogP contribution in [-0.4, -0.2) is 12.1 Å². The quantitative estimate of drug-likeness (QED) is 0.457. The minimum Gasteiger partial charge on any atom is -0.461 e. The van der Waals surface area contributed by atoms with Crippen molar-refractivity contribution in [2.24, 2.45) is 17.3 Å². The molecular formula is C19H20ClF5O2. The van der Waals surface area contributed by atoms with Gasteiger partial charge in [-0.2, -0.15) is 13.2 Å². The van der Waals surface area contributed by atoms with Crippen LogP contribution in [0.25, 0.3) is 0 Å².